The van der Waals surface area contributed by atoms with Crippen LogP contribution in [0.2, 0.25) is 0 Å². The largest absolute Gasteiger partial charge is 0.310 e. The van der Waals surface area contributed by atoms with E-state index in [-0.39, 0.29) is 5.41 Å². The Balaban J connectivity index is 1.20. The molecule has 1 aliphatic rings. The van der Waals surface area contributed by atoms with Crippen LogP contribution in [0.15, 0.2) is 224 Å². The highest BCUT2D eigenvalue weighted by atomic mass is 15.1. The molecule has 11 aromatic rings. The Bertz CT molecular complexity index is 3510. The summed E-state index contributed by atoms with van der Waals surface area (Å²) >= 11 is 0. The van der Waals surface area contributed by atoms with E-state index in [1.165, 1.54) is 44.2 Å². The lowest BCUT2D eigenvalue weighted by molar-refractivity contribution is 0.660. The lowest BCUT2D eigenvalue weighted by atomic mass is 9.82. The highest BCUT2D eigenvalue weighted by Gasteiger charge is 2.36. The summed E-state index contributed by atoms with van der Waals surface area (Å²) in [5.41, 5.74) is 19.3. The zero-order chi connectivity index (χ0) is 42.1. The first-order valence-electron chi connectivity index (χ1n) is 21.8. The molecule has 0 N–H and O–H groups in total. The Morgan fingerprint density at radius 1 is 0.429 bits per heavy atom. The van der Waals surface area contributed by atoms with Crippen LogP contribution in [0.3, 0.4) is 0 Å². The van der Waals surface area contributed by atoms with Crippen molar-refractivity contribution in [2.45, 2.75) is 19.3 Å². The van der Waals surface area contributed by atoms with Crippen LogP contribution in [0.1, 0.15) is 25.0 Å². The minimum Gasteiger partial charge on any atom is -0.310 e. The Kier molecular flexibility index (Phi) is 8.52. The van der Waals surface area contributed by atoms with Crippen LogP contribution in [-0.2, 0) is 5.41 Å². The Labute approximate surface area is 367 Å². The zero-order valence-electron chi connectivity index (χ0n) is 35.2. The second-order valence-electron chi connectivity index (χ2n) is 17.2. The molecule has 0 bridgehead atoms. The van der Waals surface area contributed by atoms with Gasteiger partial charge in [-0.15, -0.1) is 0 Å². The highest BCUT2D eigenvalue weighted by Crippen LogP contribution is 2.52. The smallest absolute Gasteiger partial charge is 0.0789 e. The van der Waals surface area contributed by atoms with Crippen LogP contribution in [0, 0.1) is 0 Å². The molecule has 298 valence electrons. The second kappa shape index (κ2) is 14.6. The van der Waals surface area contributed by atoms with Crippen LogP contribution >= 0.6 is 0 Å². The molecule has 3 heteroatoms. The number of aromatic nitrogens is 2. The van der Waals surface area contributed by atoms with Gasteiger partial charge in [-0.2, -0.15) is 0 Å². The number of nitrogens with zero attached hydrogens (tertiary/aromatic N) is 3. The van der Waals surface area contributed by atoms with Crippen LogP contribution < -0.4 is 4.90 Å². The van der Waals surface area contributed by atoms with E-state index in [4.69, 9.17) is 4.98 Å². The molecule has 63 heavy (non-hydrogen) atoms. The van der Waals surface area contributed by atoms with Gasteiger partial charge in [0.15, 0.2) is 0 Å². The van der Waals surface area contributed by atoms with Crippen molar-refractivity contribution in [1.82, 2.24) is 9.55 Å². The maximum Gasteiger partial charge on any atom is 0.0789 e. The molecule has 12 rings (SSSR count). The summed E-state index contributed by atoms with van der Waals surface area (Å²) < 4.78 is 2.43. The van der Waals surface area contributed by atoms with Gasteiger partial charge in [0.2, 0.25) is 0 Å². The average molecular weight is 806 g/mol. The van der Waals surface area contributed by atoms with E-state index < -0.39 is 0 Å². The topological polar surface area (TPSA) is 21.1 Å². The molecular weight excluding hydrogens is 763 g/mol. The van der Waals surface area contributed by atoms with Crippen LogP contribution in [0.5, 0.6) is 0 Å². The van der Waals surface area contributed by atoms with Crippen molar-refractivity contribution in [2.75, 3.05) is 4.90 Å². The summed E-state index contributed by atoms with van der Waals surface area (Å²) in [5.74, 6) is 0. The van der Waals surface area contributed by atoms with Gasteiger partial charge in [0.05, 0.1) is 27.9 Å². The van der Waals surface area contributed by atoms with Gasteiger partial charge in [-0.05, 0) is 106 Å². The summed E-state index contributed by atoms with van der Waals surface area (Å²) in [6, 6.07) is 81.6. The monoisotopic (exact) mass is 805 g/mol. The highest BCUT2D eigenvalue weighted by molar-refractivity contribution is 6.18. The zero-order valence-corrected chi connectivity index (χ0v) is 35.2. The van der Waals surface area contributed by atoms with Gasteiger partial charge in [-0.3, -0.25) is 0 Å². The fourth-order valence-corrected chi connectivity index (χ4v) is 10.1. The Morgan fingerprint density at radius 3 is 1.84 bits per heavy atom. The van der Waals surface area contributed by atoms with E-state index in [1.807, 2.05) is 0 Å². The van der Waals surface area contributed by atoms with Crippen molar-refractivity contribution >= 4 is 49.8 Å². The van der Waals surface area contributed by atoms with Crippen LogP contribution in [0.4, 0.5) is 17.1 Å². The second-order valence-corrected chi connectivity index (χ2v) is 17.2. The summed E-state index contributed by atoms with van der Waals surface area (Å²) in [6.07, 6.45) is 0. The van der Waals surface area contributed by atoms with Crippen LogP contribution in [-0.4, -0.2) is 9.55 Å². The summed E-state index contributed by atoms with van der Waals surface area (Å²) in [6.45, 7) is 4.73. The maximum atomic E-state index is 5.54. The van der Waals surface area contributed by atoms with Crippen molar-refractivity contribution < 1.29 is 0 Å². The Hall–Kier alpha value is -8.01. The van der Waals surface area contributed by atoms with E-state index in [9.17, 15) is 0 Å². The van der Waals surface area contributed by atoms with E-state index in [0.717, 1.165) is 67.1 Å². The number of hydrogen-bond acceptors (Lipinski definition) is 2. The summed E-state index contributed by atoms with van der Waals surface area (Å²) in [5, 5.41) is 3.48. The van der Waals surface area contributed by atoms with Gasteiger partial charge in [0.1, 0.15) is 0 Å². The lowest BCUT2D eigenvalue weighted by Crippen LogP contribution is -2.16. The SMILES string of the molecule is CC1(C)c2ccccc2-c2ccc(N(c3ccc(-c4ccccc4)cc3)c3cc(-c4nc5ccccc5cc4-c4ccccc4)cc4c3c3ccccc3n4-c3ccccc3)cc21. The number of para-hydroxylation sites is 3. The van der Waals surface area contributed by atoms with Crippen molar-refractivity contribution in [3.05, 3.63) is 236 Å². The lowest BCUT2D eigenvalue weighted by Gasteiger charge is -2.29. The standard InChI is InChI=1S/C60H43N3/c1-60(2)52-27-15-13-25-48(52)49-35-34-47(39-53(49)60)62(46-32-30-41(31-33-46)40-18-6-3-7-19-40)56-37-44(59-51(42-20-8-4-9-21-42)36-43-22-12-16-28-54(43)61-59)38-57-58(56)50-26-14-17-29-55(50)63(57)45-23-10-5-11-24-45/h3-39H,1-2H3. The molecule has 0 amide bonds. The summed E-state index contributed by atoms with van der Waals surface area (Å²) in [4.78, 5) is 8.03. The normalized spacial score (nSPS) is 12.7. The quantitative estimate of drug-likeness (QED) is 0.160. The Morgan fingerprint density at radius 2 is 1.05 bits per heavy atom. The van der Waals surface area contributed by atoms with Crippen molar-refractivity contribution in [3.8, 4) is 50.3 Å². The third-order valence-electron chi connectivity index (χ3n) is 13.1. The molecule has 0 radical (unpaired) electrons. The number of anilines is 3. The van der Waals surface area contributed by atoms with Gasteiger partial charge < -0.3 is 9.47 Å². The van der Waals surface area contributed by atoms with Crippen LogP contribution in [0.25, 0.3) is 83.0 Å². The third kappa shape index (κ3) is 6.00. The molecule has 0 saturated carbocycles. The number of fused-ring (bicyclic) bond motifs is 7. The fraction of sp³-hybridized carbons (Fsp3) is 0.0500. The number of rotatable bonds is 7. The average Bonchev–Trinajstić information content (AvgIpc) is 3.80. The maximum absolute atomic E-state index is 5.54. The summed E-state index contributed by atoms with van der Waals surface area (Å²) in [7, 11) is 0. The van der Waals surface area contributed by atoms with Gasteiger partial charge in [-0.1, -0.05) is 172 Å². The fourth-order valence-electron chi connectivity index (χ4n) is 10.1. The predicted octanol–water partition coefficient (Wildman–Crippen LogP) is 16.1. The van der Waals surface area contributed by atoms with Crippen molar-refractivity contribution in [3.63, 3.8) is 0 Å². The molecule has 0 unspecified atom stereocenters. The van der Waals surface area contributed by atoms with E-state index in [1.54, 1.807) is 0 Å². The van der Waals surface area contributed by atoms with E-state index in [2.05, 4.69) is 248 Å². The molecule has 0 atom stereocenters. The molecule has 0 saturated heterocycles. The van der Waals surface area contributed by atoms with Crippen molar-refractivity contribution in [1.29, 1.82) is 0 Å². The van der Waals surface area contributed by atoms with E-state index >= 15 is 0 Å². The van der Waals surface area contributed by atoms with Gasteiger partial charge in [0.25, 0.3) is 0 Å². The molecule has 2 heterocycles. The minimum atomic E-state index is -0.176. The molecule has 0 aliphatic heterocycles. The molecule has 2 aromatic heterocycles. The van der Waals surface area contributed by atoms with Gasteiger partial charge in [-0.25, -0.2) is 4.98 Å². The molecule has 0 fully saturated rings. The first kappa shape index (κ1) is 36.8. The number of pyridine rings is 1. The molecule has 9 aromatic carbocycles. The van der Waals surface area contributed by atoms with E-state index in [0.29, 0.717) is 0 Å². The van der Waals surface area contributed by atoms with Gasteiger partial charge in [0, 0.05) is 49.8 Å². The first-order chi connectivity index (χ1) is 31.0. The number of hydrogen-bond donors (Lipinski definition) is 0. The molecule has 1 aliphatic carbocycles. The predicted molar refractivity (Wildman–Crippen MR) is 265 cm³/mol. The molecule has 3 nitrogen and oxygen atoms in total. The first-order valence-corrected chi connectivity index (χ1v) is 21.8. The molecular formula is C60H43N3. The third-order valence-corrected chi connectivity index (χ3v) is 13.1. The number of benzene rings is 9. The van der Waals surface area contributed by atoms with Crippen molar-refractivity contribution in [2.24, 2.45) is 0 Å². The molecule has 0 spiro atoms. The minimum absolute atomic E-state index is 0.176. The van der Waals surface area contributed by atoms with Gasteiger partial charge >= 0.3 is 0 Å².